The Morgan fingerprint density at radius 3 is 2.39 bits per heavy atom. The molecule has 1 heterocycles. The van der Waals surface area contributed by atoms with Gasteiger partial charge in [-0.15, -0.1) is 0 Å². The Morgan fingerprint density at radius 2 is 1.81 bits per heavy atom. The van der Waals surface area contributed by atoms with Crippen molar-refractivity contribution in [3.8, 4) is 5.75 Å². The van der Waals surface area contributed by atoms with E-state index in [1.807, 2.05) is 6.92 Å². The monoisotopic (exact) mass is 452 g/mol. The summed E-state index contributed by atoms with van der Waals surface area (Å²) < 4.78 is 16.5. The van der Waals surface area contributed by atoms with Gasteiger partial charge >= 0.3 is 0 Å². The van der Waals surface area contributed by atoms with Crippen LogP contribution in [-0.2, 0) is 15.3 Å². The van der Waals surface area contributed by atoms with Crippen LogP contribution in [0.5, 0.6) is 5.75 Å². The van der Waals surface area contributed by atoms with E-state index in [4.69, 9.17) is 25.8 Å². The fraction of sp³-hybridized carbons (Fsp3) is 0.409. The number of ketones is 1. The van der Waals surface area contributed by atoms with E-state index in [1.54, 1.807) is 24.3 Å². The van der Waals surface area contributed by atoms with Crippen LogP contribution >= 0.6 is 11.6 Å². The number of benzene rings is 2. The lowest BCUT2D eigenvalue weighted by Gasteiger charge is -2.47. The topological polar surface area (TPSA) is 126 Å². The third kappa shape index (κ3) is 4.33. The largest absolute Gasteiger partial charge is 0.494 e. The van der Waals surface area contributed by atoms with Gasteiger partial charge in [-0.3, -0.25) is 4.79 Å². The number of hydrogen-bond donors (Lipinski definition) is 4. The van der Waals surface area contributed by atoms with E-state index in [0.29, 0.717) is 17.9 Å². The van der Waals surface area contributed by atoms with Crippen molar-refractivity contribution < 1.29 is 39.4 Å². The van der Waals surface area contributed by atoms with E-state index < -0.39 is 36.8 Å². The molecule has 9 heteroatoms. The summed E-state index contributed by atoms with van der Waals surface area (Å²) >= 11 is 6.27. The maximum absolute atomic E-state index is 13.1. The van der Waals surface area contributed by atoms with Gasteiger partial charge in [0.05, 0.1) is 18.2 Å². The van der Waals surface area contributed by atoms with Crippen LogP contribution in [0.4, 0.5) is 0 Å². The first-order valence-electron chi connectivity index (χ1n) is 9.74. The molecule has 2 aromatic carbocycles. The number of carbonyl (C=O) groups is 1. The van der Waals surface area contributed by atoms with Gasteiger partial charge in [-0.2, -0.15) is 0 Å². The molecule has 1 aliphatic rings. The van der Waals surface area contributed by atoms with Gasteiger partial charge < -0.3 is 34.6 Å². The first kappa shape index (κ1) is 23.6. The number of carbonyl (C=O) groups excluding carboxylic acids is 1. The Hall–Kier alpha value is -2.04. The van der Waals surface area contributed by atoms with Gasteiger partial charge in [-0.1, -0.05) is 17.7 Å². The minimum atomic E-state index is -1.94. The lowest BCUT2D eigenvalue weighted by Crippen LogP contribution is -2.64. The second-order valence-corrected chi connectivity index (χ2v) is 7.52. The molecule has 0 aromatic heterocycles. The van der Waals surface area contributed by atoms with Crippen LogP contribution in [0, 0.1) is 0 Å². The van der Waals surface area contributed by atoms with E-state index >= 15 is 0 Å². The first-order chi connectivity index (χ1) is 14.8. The van der Waals surface area contributed by atoms with Crippen molar-refractivity contribution in [2.24, 2.45) is 0 Å². The van der Waals surface area contributed by atoms with Crippen LogP contribution in [0.3, 0.4) is 0 Å². The Bertz CT molecular complexity index is 916. The zero-order chi connectivity index (χ0) is 22.8. The summed E-state index contributed by atoms with van der Waals surface area (Å²) in [5.74, 6) is -1.70. The maximum Gasteiger partial charge on any atom is 0.224 e. The summed E-state index contributed by atoms with van der Waals surface area (Å²) in [6, 6.07) is 10.9. The zero-order valence-corrected chi connectivity index (χ0v) is 17.8. The van der Waals surface area contributed by atoms with Gasteiger partial charge in [0.1, 0.15) is 30.2 Å². The number of aliphatic hydroxyl groups excluding tert-OH is 4. The van der Waals surface area contributed by atoms with Crippen molar-refractivity contribution in [1.29, 1.82) is 0 Å². The predicted molar refractivity (Wildman–Crippen MR) is 111 cm³/mol. The number of methoxy groups -OCH3 is 1. The van der Waals surface area contributed by atoms with Gasteiger partial charge in [0, 0.05) is 23.8 Å². The highest BCUT2D eigenvalue weighted by Crippen LogP contribution is 2.40. The maximum atomic E-state index is 13.1. The predicted octanol–water partition coefficient (Wildman–Crippen LogP) is 1.24. The number of halogens is 1. The molecule has 1 aliphatic heterocycles. The normalized spacial score (nSPS) is 28.4. The quantitative estimate of drug-likeness (QED) is 0.462. The molecule has 0 aliphatic carbocycles. The fourth-order valence-electron chi connectivity index (χ4n) is 3.61. The van der Waals surface area contributed by atoms with Crippen LogP contribution in [0.25, 0.3) is 0 Å². The van der Waals surface area contributed by atoms with Crippen LogP contribution in [-0.4, -0.2) is 70.9 Å². The van der Waals surface area contributed by atoms with Crippen LogP contribution in [0.1, 0.15) is 28.4 Å². The number of rotatable bonds is 7. The lowest BCUT2D eigenvalue weighted by atomic mass is 9.87. The minimum absolute atomic E-state index is 0.122. The molecular weight excluding hydrogens is 428 g/mol. The molecule has 0 amide bonds. The number of aliphatic hydroxyl groups is 4. The van der Waals surface area contributed by atoms with E-state index in [9.17, 15) is 25.2 Å². The molecule has 3 rings (SSSR count). The van der Waals surface area contributed by atoms with Crippen molar-refractivity contribution in [3.63, 3.8) is 0 Å². The van der Waals surface area contributed by atoms with Crippen LogP contribution in [0.15, 0.2) is 42.5 Å². The van der Waals surface area contributed by atoms with Gasteiger partial charge in [0.15, 0.2) is 5.78 Å². The summed E-state index contributed by atoms with van der Waals surface area (Å²) in [6.07, 6.45) is -6.11. The van der Waals surface area contributed by atoms with Crippen LogP contribution in [0.2, 0.25) is 5.02 Å². The molecule has 1 saturated heterocycles. The Kier molecular flexibility index (Phi) is 7.33. The van der Waals surface area contributed by atoms with Gasteiger partial charge in [0.25, 0.3) is 0 Å². The van der Waals surface area contributed by atoms with E-state index in [1.165, 1.54) is 25.3 Å². The molecule has 2 aromatic rings. The Morgan fingerprint density at radius 1 is 1.13 bits per heavy atom. The second-order valence-electron chi connectivity index (χ2n) is 7.12. The van der Waals surface area contributed by atoms with Crippen molar-refractivity contribution in [3.05, 3.63) is 64.2 Å². The molecule has 0 bridgehead atoms. The first-order valence-corrected chi connectivity index (χ1v) is 10.1. The Balaban J connectivity index is 2.01. The summed E-state index contributed by atoms with van der Waals surface area (Å²) in [5.41, 5.74) is 0.671. The third-order valence-corrected chi connectivity index (χ3v) is 5.62. The Labute approximate surface area is 184 Å². The SMILES string of the molecule is CCOc1ccc(C(=O)c2cc([C@]3(OC)O[C@H](CO)[C@@H](O)[C@H](O)[C@H]3O)ccc2Cl)cc1. The third-order valence-electron chi connectivity index (χ3n) is 5.29. The van der Waals surface area contributed by atoms with Crippen LogP contribution < -0.4 is 4.74 Å². The molecule has 31 heavy (non-hydrogen) atoms. The molecule has 0 radical (unpaired) electrons. The highest BCUT2D eigenvalue weighted by atomic mass is 35.5. The zero-order valence-electron chi connectivity index (χ0n) is 17.1. The summed E-state index contributed by atoms with van der Waals surface area (Å²) in [4.78, 5) is 13.1. The summed E-state index contributed by atoms with van der Waals surface area (Å²) in [7, 11) is 1.24. The summed E-state index contributed by atoms with van der Waals surface area (Å²) in [5, 5.41) is 40.7. The molecule has 0 saturated carbocycles. The molecular formula is C22H25ClO8. The molecule has 0 spiro atoms. The van der Waals surface area contributed by atoms with Crippen molar-refractivity contribution in [2.75, 3.05) is 20.3 Å². The number of ether oxygens (including phenoxy) is 3. The minimum Gasteiger partial charge on any atom is -0.494 e. The highest BCUT2D eigenvalue weighted by Gasteiger charge is 2.55. The molecule has 5 atom stereocenters. The van der Waals surface area contributed by atoms with E-state index in [2.05, 4.69) is 0 Å². The fourth-order valence-corrected chi connectivity index (χ4v) is 3.81. The molecule has 0 unspecified atom stereocenters. The average Bonchev–Trinajstić information content (AvgIpc) is 2.79. The second kappa shape index (κ2) is 9.62. The van der Waals surface area contributed by atoms with Gasteiger partial charge in [-0.25, -0.2) is 0 Å². The van der Waals surface area contributed by atoms with Gasteiger partial charge in [0.2, 0.25) is 5.79 Å². The van der Waals surface area contributed by atoms with E-state index in [0.717, 1.165) is 0 Å². The van der Waals surface area contributed by atoms with Gasteiger partial charge in [-0.05, 0) is 43.3 Å². The van der Waals surface area contributed by atoms with Crippen molar-refractivity contribution in [2.45, 2.75) is 37.1 Å². The van der Waals surface area contributed by atoms with Crippen molar-refractivity contribution in [1.82, 2.24) is 0 Å². The highest BCUT2D eigenvalue weighted by molar-refractivity contribution is 6.35. The molecule has 1 fully saturated rings. The smallest absolute Gasteiger partial charge is 0.224 e. The lowest BCUT2D eigenvalue weighted by molar-refractivity contribution is -0.366. The standard InChI is InChI=1S/C22H25ClO8/c1-3-30-14-7-4-12(5-8-14)18(25)15-10-13(6-9-16(15)23)22(29-2)21(28)20(27)19(26)17(11-24)31-22/h4-10,17,19-21,24,26-28H,3,11H2,1-2H3/t17-,19-,20+,21-,22+/m1/s1. The summed E-state index contributed by atoms with van der Waals surface area (Å²) in [6.45, 7) is 1.73. The molecule has 4 N–H and O–H groups in total. The molecule has 168 valence electrons. The average molecular weight is 453 g/mol. The van der Waals surface area contributed by atoms with Crippen molar-refractivity contribution >= 4 is 17.4 Å². The molecule has 8 nitrogen and oxygen atoms in total. The van der Waals surface area contributed by atoms with E-state index in [-0.39, 0.29) is 21.9 Å². The number of hydrogen-bond acceptors (Lipinski definition) is 8.